The summed E-state index contributed by atoms with van der Waals surface area (Å²) in [6.07, 6.45) is -7.34. The van der Waals surface area contributed by atoms with Crippen LogP contribution in [0.2, 0.25) is 0 Å². The van der Waals surface area contributed by atoms with Gasteiger partial charge in [0, 0.05) is 6.92 Å². The van der Waals surface area contributed by atoms with Gasteiger partial charge in [0.25, 0.3) is 5.78 Å². The van der Waals surface area contributed by atoms with Gasteiger partial charge in [0.2, 0.25) is 23.6 Å². The number of Topliss-reactive ketones (excluding diaryl/α,β-unsaturated/α-hetero) is 1. The number of nitrogens with zero attached hydrogens (tertiary/aromatic N) is 1. The van der Waals surface area contributed by atoms with Gasteiger partial charge < -0.3 is 21.7 Å². The minimum absolute atomic E-state index is 0.138. The van der Waals surface area contributed by atoms with Crippen molar-refractivity contribution in [2.45, 2.75) is 91.3 Å². The third-order valence-electron chi connectivity index (χ3n) is 4.99. The molecule has 36 heavy (non-hydrogen) atoms. The average molecular weight is 527 g/mol. The Balaban J connectivity index is 5.74. The van der Waals surface area contributed by atoms with E-state index in [2.05, 4.69) is 16.1 Å². The van der Waals surface area contributed by atoms with Crippen LogP contribution in [-0.2, 0) is 24.0 Å². The van der Waals surface area contributed by atoms with Crippen LogP contribution >= 0.6 is 0 Å². The van der Waals surface area contributed by atoms with Crippen LogP contribution in [0.3, 0.4) is 0 Å². The number of rotatable bonds is 15. The molecule has 15 heteroatoms. The molecule has 0 aliphatic rings. The number of carbonyl (C=O) groups excluding carboxylic acids is 5. The van der Waals surface area contributed by atoms with Crippen LogP contribution < -0.4 is 27.1 Å². The number of primary amides is 1. The van der Waals surface area contributed by atoms with Crippen molar-refractivity contribution in [1.29, 1.82) is 0 Å². The Morgan fingerprint density at radius 3 is 1.86 bits per heavy atom. The van der Waals surface area contributed by atoms with Crippen molar-refractivity contribution in [2.75, 3.05) is 0 Å². The molecule has 0 spiro atoms. The summed E-state index contributed by atoms with van der Waals surface area (Å²) in [6, 6.07) is -4.54. The summed E-state index contributed by atoms with van der Waals surface area (Å²) in [7, 11) is 0. The number of carbonyl (C=O) groups is 5. The van der Waals surface area contributed by atoms with E-state index in [-0.39, 0.29) is 18.8 Å². The lowest BCUT2D eigenvalue weighted by molar-refractivity contribution is -0.200. The fourth-order valence-corrected chi connectivity index (χ4v) is 3.17. The van der Waals surface area contributed by atoms with Crippen LogP contribution in [0.25, 0.3) is 0 Å². The Morgan fingerprint density at radius 1 is 0.917 bits per heavy atom. The fraction of sp³-hybridized carbons (Fsp3) is 0.762. The van der Waals surface area contributed by atoms with E-state index in [1.54, 1.807) is 27.7 Å². The molecule has 0 aromatic carbocycles. The predicted molar refractivity (Wildman–Crippen MR) is 121 cm³/mol. The number of ketones is 1. The summed E-state index contributed by atoms with van der Waals surface area (Å²) in [4.78, 5) is 60.0. The monoisotopic (exact) mass is 526 g/mol. The van der Waals surface area contributed by atoms with Crippen molar-refractivity contribution < 1.29 is 42.4 Å². The van der Waals surface area contributed by atoms with E-state index in [9.17, 15) is 42.4 Å². The number of nitrogens with two attached hydrogens (primary N) is 1. The molecule has 0 aliphatic carbocycles. The molecule has 0 bridgehead atoms. The zero-order valence-corrected chi connectivity index (χ0v) is 21.2. The fourth-order valence-electron chi connectivity index (χ4n) is 3.17. The highest BCUT2D eigenvalue weighted by Gasteiger charge is 2.44. The first kappa shape index (κ1) is 33.2. The average Bonchev–Trinajstić information content (AvgIpc) is 2.72. The van der Waals surface area contributed by atoms with Crippen molar-refractivity contribution in [3.63, 3.8) is 0 Å². The highest BCUT2D eigenvalue weighted by Crippen LogP contribution is 2.20. The predicted octanol–water partition coefficient (Wildman–Crippen LogP) is 0.102. The maximum absolute atomic E-state index is 12.9. The van der Waals surface area contributed by atoms with Gasteiger partial charge in [0.15, 0.2) is 0 Å². The second-order valence-electron chi connectivity index (χ2n) is 9.03. The van der Waals surface area contributed by atoms with Gasteiger partial charge in [-0.05, 0) is 18.3 Å². The third kappa shape index (κ3) is 11.3. The highest BCUT2D eigenvalue weighted by molar-refractivity contribution is 5.95. The molecule has 7 N–H and O–H groups in total. The first-order valence-electron chi connectivity index (χ1n) is 11.4. The molecule has 0 heterocycles. The topological polar surface area (TPSA) is 183 Å². The zero-order valence-electron chi connectivity index (χ0n) is 21.2. The van der Waals surface area contributed by atoms with Gasteiger partial charge in [-0.2, -0.15) is 13.2 Å². The smallest absolute Gasteiger partial charge is 0.370 e. The molecule has 4 unspecified atom stereocenters. The highest BCUT2D eigenvalue weighted by atomic mass is 19.4. The Labute approximate surface area is 207 Å². The maximum Gasteiger partial charge on any atom is 0.452 e. The van der Waals surface area contributed by atoms with Gasteiger partial charge in [-0.15, -0.1) is 5.17 Å². The second kappa shape index (κ2) is 14.7. The van der Waals surface area contributed by atoms with E-state index in [0.29, 0.717) is 5.17 Å². The Morgan fingerprint density at radius 2 is 1.47 bits per heavy atom. The molecular weight excluding hydrogens is 489 g/mol. The van der Waals surface area contributed by atoms with Crippen molar-refractivity contribution in [3.8, 4) is 0 Å². The number of hydrogen-bond acceptors (Lipinski definition) is 8. The minimum Gasteiger partial charge on any atom is -0.370 e. The molecule has 0 aliphatic heterocycles. The van der Waals surface area contributed by atoms with Crippen LogP contribution in [0.1, 0.15) is 60.8 Å². The van der Waals surface area contributed by atoms with Crippen molar-refractivity contribution in [1.82, 2.24) is 26.5 Å². The number of nitrogens with one attached hydrogen (secondary N) is 4. The molecule has 0 fully saturated rings. The molecular formula is C21H37F3N6O6. The number of hydrogen-bond donors (Lipinski definition) is 6. The van der Waals surface area contributed by atoms with Crippen LogP contribution in [0.5, 0.6) is 0 Å². The summed E-state index contributed by atoms with van der Waals surface area (Å²) < 4.78 is 38.7. The van der Waals surface area contributed by atoms with E-state index in [1.807, 2.05) is 5.32 Å². The maximum atomic E-state index is 12.9. The molecule has 0 aromatic rings. The van der Waals surface area contributed by atoms with E-state index in [1.165, 1.54) is 13.8 Å². The molecule has 208 valence electrons. The number of hydroxylamine groups is 1. The van der Waals surface area contributed by atoms with E-state index in [4.69, 9.17) is 5.73 Å². The lowest BCUT2D eigenvalue weighted by atomic mass is 10.0. The largest absolute Gasteiger partial charge is 0.452 e. The van der Waals surface area contributed by atoms with Gasteiger partial charge in [0.05, 0.1) is 12.5 Å². The number of alkyl halides is 3. The van der Waals surface area contributed by atoms with Crippen LogP contribution in [0.15, 0.2) is 0 Å². The third-order valence-corrected chi connectivity index (χ3v) is 4.99. The molecule has 0 saturated carbocycles. The molecule has 4 atom stereocenters. The van der Waals surface area contributed by atoms with Crippen LogP contribution in [0.4, 0.5) is 13.2 Å². The standard InChI is InChI=1S/C21H37F3N6O6/c1-7-8-13(17(33)21(22,23)24)27-19(34)14(9-15(25)32)29-30(36)18(11(4)5)28-20(35)16(10(2)3)26-12(6)31/h10-11,13-14,16,18,29,36H,7-9H2,1-6H3,(H2,25,32)(H,26,31)(H,27,34)(H,28,35). The number of halogens is 3. The van der Waals surface area contributed by atoms with Gasteiger partial charge in [0.1, 0.15) is 18.2 Å². The van der Waals surface area contributed by atoms with Gasteiger partial charge in [-0.3, -0.25) is 29.2 Å². The first-order valence-corrected chi connectivity index (χ1v) is 11.4. The van der Waals surface area contributed by atoms with E-state index in [0.717, 1.165) is 0 Å². The molecule has 0 aromatic heterocycles. The summed E-state index contributed by atoms with van der Waals surface area (Å²) in [5.74, 6) is -6.34. The van der Waals surface area contributed by atoms with Crippen LogP contribution in [0, 0.1) is 11.8 Å². The minimum atomic E-state index is -5.20. The summed E-state index contributed by atoms with van der Waals surface area (Å²) >= 11 is 0. The molecule has 0 rings (SSSR count). The normalized spacial score (nSPS) is 15.2. The van der Waals surface area contributed by atoms with Crippen molar-refractivity contribution in [2.24, 2.45) is 17.6 Å². The van der Waals surface area contributed by atoms with Crippen molar-refractivity contribution >= 4 is 29.4 Å². The lowest BCUT2D eigenvalue weighted by Crippen LogP contribution is -2.63. The zero-order chi connectivity index (χ0) is 28.4. The summed E-state index contributed by atoms with van der Waals surface area (Å²) in [6.45, 7) is 9.30. The SMILES string of the molecule is CCCC(NC(=O)C(CC(N)=O)NN(O)C(NC(=O)C(NC(C)=O)C(C)C)C(C)C)C(=O)C(F)(F)F. The number of hydrazine groups is 1. The molecule has 12 nitrogen and oxygen atoms in total. The quantitative estimate of drug-likeness (QED) is 0.128. The first-order chi connectivity index (χ1) is 16.4. The Bertz CT molecular complexity index is 793. The Hall–Kier alpha value is -2.78. The van der Waals surface area contributed by atoms with Gasteiger partial charge in [-0.25, -0.2) is 5.43 Å². The lowest BCUT2D eigenvalue weighted by Gasteiger charge is -2.34. The molecule has 0 radical (unpaired) electrons. The second-order valence-corrected chi connectivity index (χ2v) is 9.03. The van der Waals surface area contributed by atoms with E-state index >= 15 is 0 Å². The van der Waals surface area contributed by atoms with E-state index < -0.39 is 72.2 Å². The number of amides is 4. The van der Waals surface area contributed by atoms with Gasteiger partial charge in [-0.1, -0.05) is 41.0 Å². The van der Waals surface area contributed by atoms with Crippen LogP contribution in [-0.4, -0.2) is 70.3 Å². The summed E-state index contributed by atoms with van der Waals surface area (Å²) in [5.41, 5.74) is 7.40. The van der Waals surface area contributed by atoms with Crippen molar-refractivity contribution in [3.05, 3.63) is 0 Å². The Kier molecular flexibility index (Phi) is 13.6. The molecule has 0 saturated heterocycles. The van der Waals surface area contributed by atoms with Gasteiger partial charge >= 0.3 is 6.18 Å². The summed E-state index contributed by atoms with van der Waals surface area (Å²) in [5, 5.41) is 17.8. The molecule has 4 amide bonds.